The Morgan fingerprint density at radius 1 is 1.15 bits per heavy atom. The van der Waals surface area contributed by atoms with E-state index in [-0.39, 0.29) is 24.4 Å². The van der Waals surface area contributed by atoms with Crippen molar-refractivity contribution >= 4 is 29.1 Å². The molecule has 1 aliphatic heterocycles. The van der Waals surface area contributed by atoms with Gasteiger partial charge < -0.3 is 10.2 Å². The third-order valence-corrected chi connectivity index (χ3v) is 6.07. The van der Waals surface area contributed by atoms with Crippen molar-refractivity contribution in [2.45, 2.75) is 63.1 Å². The molecule has 2 fully saturated rings. The van der Waals surface area contributed by atoms with E-state index in [1.807, 2.05) is 12.1 Å². The molecule has 26 heavy (non-hydrogen) atoms. The minimum Gasteiger partial charge on any atom is -0.352 e. The van der Waals surface area contributed by atoms with E-state index < -0.39 is 5.66 Å². The van der Waals surface area contributed by atoms with E-state index in [1.165, 1.54) is 6.42 Å². The monoisotopic (exact) mass is 373 g/mol. The molecule has 4 rings (SSSR count). The van der Waals surface area contributed by atoms with Gasteiger partial charge in [0.25, 0.3) is 5.91 Å². The standard InChI is InChI=1S/C20H24ClN3O2/c21-15-9-7-14(8-10-15)18-19(26)24(13-17(25)22-16-5-4-6-16)20(23-18)11-2-1-3-12-20/h7-10,16H,1-6,11-13H2,(H,22,25). The second-order valence-corrected chi connectivity index (χ2v) is 8.03. The van der Waals surface area contributed by atoms with Crippen LogP contribution in [0.4, 0.5) is 0 Å². The van der Waals surface area contributed by atoms with Gasteiger partial charge in [0.1, 0.15) is 17.9 Å². The summed E-state index contributed by atoms with van der Waals surface area (Å²) in [5.41, 5.74) is 0.674. The summed E-state index contributed by atoms with van der Waals surface area (Å²) in [7, 11) is 0. The van der Waals surface area contributed by atoms with Crippen LogP contribution in [0, 0.1) is 0 Å². The zero-order valence-electron chi connectivity index (χ0n) is 14.8. The first-order valence-corrected chi connectivity index (χ1v) is 9.92. The van der Waals surface area contributed by atoms with Gasteiger partial charge in [-0.2, -0.15) is 0 Å². The molecule has 2 saturated carbocycles. The first-order valence-electron chi connectivity index (χ1n) is 9.55. The van der Waals surface area contributed by atoms with E-state index in [4.69, 9.17) is 16.6 Å². The topological polar surface area (TPSA) is 61.8 Å². The zero-order valence-corrected chi connectivity index (χ0v) is 15.6. The van der Waals surface area contributed by atoms with Crippen LogP contribution in [0.25, 0.3) is 0 Å². The summed E-state index contributed by atoms with van der Waals surface area (Å²) in [5, 5.41) is 3.68. The number of halogens is 1. The molecule has 1 aromatic carbocycles. The van der Waals surface area contributed by atoms with Crippen molar-refractivity contribution in [2.24, 2.45) is 4.99 Å². The molecule has 6 heteroatoms. The molecule has 0 unspecified atom stereocenters. The molecule has 1 aromatic rings. The van der Waals surface area contributed by atoms with Gasteiger partial charge in [0.2, 0.25) is 5.91 Å². The van der Waals surface area contributed by atoms with E-state index >= 15 is 0 Å². The van der Waals surface area contributed by atoms with Gasteiger partial charge in [0.15, 0.2) is 0 Å². The summed E-state index contributed by atoms with van der Waals surface area (Å²) in [6, 6.07) is 7.47. The van der Waals surface area contributed by atoms with Crippen molar-refractivity contribution < 1.29 is 9.59 Å². The molecule has 2 amide bonds. The largest absolute Gasteiger partial charge is 0.352 e. The van der Waals surface area contributed by atoms with E-state index in [0.717, 1.165) is 50.5 Å². The average Bonchev–Trinajstić information content (AvgIpc) is 2.85. The second-order valence-electron chi connectivity index (χ2n) is 7.60. The summed E-state index contributed by atoms with van der Waals surface area (Å²) in [4.78, 5) is 32.2. The van der Waals surface area contributed by atoms with Crippen LogP contribution in [0.1, 0.15) is 56.9 Å². The number of carbonyl (C=O) groups is 2. The average molecular weight is 374 g/mol. The zero-order chi connectivity index (χ0) is 18.1. The lowest BCUT2D eigenvalue weighted by Gasteiger charge is -2.39. The minimum atomic E-state index is -0.554. The maximum absolute atomic E-state index is 13.2. The molecule has 0 atom stereocenters. The van der Waals surface area contributed by atoms with Gasteiger partial charge in [-0.25, -0.2) is 0 Å². The molecule has 1 spiro atoms. The summed E-state index contributed by atoms with van der Waals surface area (Å²) in [5.74, 6) is -0.210. The molecule has 0 radical (unpaired) electrons. The van der Waals surface area contributed by atoms with Gasteiger partial charge in [-0.1, -0.05) is 30.2 Å². The van der Waals surface area contributed by atoms with Crippen LogP contribution < -0.4 is 5.32 Å². The first-order chi connectivity index (χ1) is 12.6. The van der Waals surface area contributed by atoms with E-state index in [1.54, 1.807) is 17.0 Å². The fourth-order valence-corrected chi connectivity index (χ4v) is 4.24. The Hall–Kier alpha value is -1.88. The maximum Gasteiger partial charge on any atom is 0.275 e. The van der Waals surface area contributed by atoms with Crippen molar-refractivity contribution in [3.63, 3.8) is 0 Å². The van der Waals surface area contributed by atoms with Crippen molar-refractivity contribution in [3.05, 3.63) is 34.9 Å². The maximum atomic E-state index is 13.2. The summed E-state index contributed by atoms with van der Waals surface area (Å²) < 4.78 is 0. The van der Waals surface area contributed by atoms with Crippen LogP contribution >= 0.6 is 11.6 Å². The van der Waals surface area contributed by atoms with Crippen LogP contribution in [0.5, 0.6) is 0 Å². The van der Waals surface area contributed by atoms with Crippen molar-refractivity contribution in [2.75, 3.05) is 6.54 Å². The van der Waals surface area contributed by atoms with E-state index in [9.17, 15) is 9.59 Å². The molecule has 0 bridgehead atoms. The molecule has 5 nitrogen and oxygen atoms in total. The number of rotatable bonds is 4. The molecule has 3 aliphatic rings. The lowest BCUT2D eigenvalue weighted by atomic mass is 9.88. The molecular weight excluding hydrogens is 350 g/mol. The van der Waals surface area contributed by atoms with Crippen LogP contribution in [-0.4, -0.2) is 40.7 Å². The number of carbonyl (C=O) groups excluding carboxylic acids is 2. The Balaban J connectivity index is 1.58. The molecule has 0 saturated heterocycles. The molecule has 2 aliphatic carbocycles. The minimum absolute atomic E-state index is 0.0689. The van der Waals surface area contributed by atoms with Gasteiger partial charge in [-0.3, -0.25) is 14.6 Å². The molecule has 1 heterocycles. The van der Waals surface area contributed by atoms with Gasteiger partial charge in [-0.15, -0.1) is 0 Å². The highest BCUT2D eigenvalue weighted by Crippen LogP contribution is 2.39. The van der Waals surface area contributed by atoms with Crippen LogP contribution in [-0.2, 0) is 9.59 Å². The van der Waals surface area contributed by atoms with Crippen molar-refractivity contribution in [1.29, 1.82) is 0 Å². The highest BCUT2D eigenvalue weighted by molar-refractivity contribution is 6.47. The van der Waals surface area contributed by atoms with Crippen molar-refractivity contribution in [3.8, 4) is 0 Å². The number of benzene rings is 1. The van der Waals surface area contributed by atoms with E-state index in [2.05, 4.69) is 5.32 Å². The first kappa shape index (κ1) is 17.5. The Morgan fingerprint density at radius 3 is 2.46 bits per heavy atom. The van der Waals surface area contributed by atoms with Gasteiger partial charge >= 0.3 is 0 Å². The predicted molar refractivity (Wildman–Crippen MR) is 101 cm³/mol. The number of nitrogens with zero attached hydrogens (tertiary/aromatic N) is 2. The SMILES string of the molecule is O=C(CN1C(=O)C(c2ccc(Cl)cc2)=NC12CCCCC2)NC1CCC1. The Labute approximate surface area is 158 Å². The van der Waals surface area contributed by atoms with E-state index in [0.29, 0.717) is 10.7 Å². The van der Waals surface area contributed by atoms with Crippen LogP contribution in [0.15, 0.2) is 29.3 Å². The fourth-order valence-electron chi connectivity index (χ4n) is 4.12. The van der Waals surface area contributed by atoms with Crippen LogP contribution in [0.3, 0.4) is 0 Å². The lowest BCUT2D eigenvalue weighted by molar-refractivity contribution is -0.136. The number of hydrogen-bond acceptors (Lipinski definition) is 3. The number of aliphatic imine (C=N–C) groups is 1. The van der Waals surface area contributed by atoms with Gasteiger partial charge in [0.05, 0.1) is 0 Å². The molecular formula is C20H24ClN3O2. The summed E-state index contributed by atoms with van der Waals surface area (Å²) in [6.45, 7) is 0.0932. The Morgan fingerprint density at radius 2 is 1.85 bits per heavy atom. The molecule has 0 aromatic heterocycles. The Bertz CT molecular complexity index is 734. The normalized spacial score (nSPS) is 22.3. The Kier molecular flexibility index (Phi) is 4.74. The highest BCUT2D eigenvalue weighted by atomic mass is 35.5. The quantitative estimate of drug-likeness (QED) is 0.880. The third kappa shape index (κ3) is 3.25. The number of amides is 2. The van der Waals surface area contributed by atoms with Crippen molar-refractivity contribution in [1.82, 2.24) is 10.2 Å². The molecule has 1 N–H and O–H groups in total. The fraction of sp³-hybridized carbons (Fsp3) is 0.550. The third-order valence-electron chi connectivity index (χ3n) is 5.81. The highest BCUT2D eigenvalue weighted by Gasteiger charge is 2.48. The predicted octanol–water partition coefficient (Wildman–Crippen LogP) is 3.30. The number of hydrogen-bond donors (Lipinski definition) is 1. The second kappa shape index (κ2) is 7.03. The smallest absolute Gasteiger partial charge is 0.275 e. The summed E-state index contributed by atoms with van der Waals surface area (Å²) >= 11 is 5.97. The molecule has 138 valence electrons. The summed E-state index contributed by atoms with van der Waals surface area (Å²) in [6.07, 6.45) is 8.12. The van der Waals surface area contributed by atoms with Gasteiger partial charge in [0, 0.05) is 16.6 Å². The lowest BCUT2D eigenvalue weighted by Crippen LogP contribution is -2.53. The number of nitrogens with one attached hydrogen (secondary N) is 1. The van der Waals surface area contributed by atoms with Gasteiger partial charge in [-0.05, 0) is 57.1 Å². The van der Waals surface area contributed by atoms with Crippen LogP contribution in [0.2, 0.25) is 5.02 Å².